The number of hydrogen-bond acceptors (Lipinski definition) is 1. The second-order valence-corrected chi connectivity index (χ2v) is 3.84. The monoisotopic (exact) mass is 212 g/mol. The van der Waals surface area contributed by atoms with Gasteiger partial charge in [0, 0.05) is 5.88 Å². The van der Waals surface area contributed by atoms with Crippen molar-refractivity contribution in [2.75, 3.05) is 12.5 Å². The van der Waals surface area contributed by atoms with Crippen LogP contribution < -0.4 is 4.74 Å². The Morgan fingerprint density at radius 1 is 1.14 bits per heavy atom. The number of hydrogen-bond donors (Lipinski definition) is 0. The molecule has 0 saturated carbocycles. The minimum Gasteiger partial charge on any atom is -0.493 e. The fourth-order valence-corrected chi connectivity index (χ4v) is 1.59. The maximum absolute atomic E-state index is 5.71. The van der Waals surface area contributed by atoms with Gasteiger partial charge in [-0.05, 0) is 37.8 Å². The van der Waals surface area contributed by atoms with E-state index < -0.39 is 0 Å². The number of para-hydroxylation sites is 1. The number of rotatable bonds is 5. The molecule has 0 unspecified atom stereocenters. The minimum atomic E-state index is 0.718. The van der Waals surface area contributed by atoms with Gasteiger partial charge in [0.15, 0.2) is 0 Å². The van der Waals surface area contributed by atoms with E-state index in [0.29, 0.717) is 0 Å². The summed E-state index contributed by atoms with van der Waals surface area (Å²) >= 11 is 5.59. The van der Waals surface area contributed by atoms with Crippen molar-refractivity contribution in [2.45, 2.75) is 26.7 Å². The van der Waals surface area contributed by atoms with Gasteiger partial charge in [-0.1, -0.05) is 18.2 Å². The first-order valence-corrected chi connectivity index (χ1v) is 5.54. The third-order valence-corrected chi connectivity index (χ3v) is 2.45. The van der Waals surface area contributed by atoms with E-state index in [1.165, 1.54) is 11.1 Å². The molecule has 78 valence electrons. The molecule has 0 fully saturated rings. The summed E-state index contributed by atoms with van der Waals surface area (Å²) in [4.78, 5) is 0. The minimum absolute atomic E-state index is 0.718. The molecule has 14 heavy (non-hydrogen) atoms. The van der Waals surface area contributed by atoms with E-state index in [2.05, 4.69) is 32.0 Å². The predicted octanol–water partition coefficient (Wildman–Crippen LogP) is 3.70. The first-order chi connectivity index (χ1) is 6.75. The summed E-state index contributed by atoms with van der Waals surface area (Å²) in [5, 5.41) is 0. The Kier molecular flexibility index (Phi) is 4.81. The molecule has 1 aromatic rings. The lowest BCUT2D eigenvalue weighted by atomic mass is 10.1. The summed E-state index contributed by atoms with van der Waals surface area (Å²) < 4.78 is 5.71. The van der Waals surface area contributed by atoms with Crippen molar-refractivity contribution in [3.05, 3.63) is 29.3 Å². The highest BCUT2D eigenvalue weighted by atomic mass is 35.5. The number of ether oxygens (including phenoxy) is 1. The molecular weight excluding hydrogens is 196 g/mol. The molecule has 0 heterocycles. The average molecular weight is 213 g/mol. The van der Waals surface area contributed by atoms with Gasteiger partial charge in [0.25, 0.3) is 0 Å². The zero-order valence-electron chi connectivity index (χ0n) is 8.85. The molecule has 0 aliphatic heterocycles. The van der Waals surface area contributed by atoms with Crippen LogP contribution in [0.3, 0.4) is 0 Å². The van der Waals surface area contributed by atoms with Crippen LogP contribution in [0, 0.1) is 13.8 Å². The lowest BCUT2D eigenvalue weighted by Gasteiger charge is -2.11. The normalized spacial score (nSPS) is 10.2. The first-order valence-electron chi connectivity index (χ1n) is 5.00. The van der Waals surface area contributed by atoms with Gasteiger partial charge in [-0.15, -0.1) is 11.6 Å². The van der Waals surface area contributed by atoms with Gasteiger partial charge < -0.3 is 4.74 Å². The number of alkyl halides is 1. The van der Waals surface area contributed by atoms with Gasteiger partial charge in [0.05, 0.1) is 6.61 Å². The smallest absolute Gasteiger partial charge is 0.125 e. The maximum atomic E-state index is 5.71. The zero-order chi connectivity index (χ0) is 10.4. The van der Waals surface area contributed by atoms with Gasteiger partial charge in [-0.3, -0.25) is 0 Å². The van der Waals surface area contributed by atoms with Gasteiger partial charge in [0.2, 0.25) is 0 Å². The Morgan fingerprint density at radius 2 is 1.79 bits per heavy atom. The quantitative estimate of drug-likeness (QED) is 0.534. The van der Waals surface area contributed by atoms with E-state index in [-0.39, 0.29) is 0 Å². The maximum Gasteiger partial charge on any atom is 0.125 e. The summed E-state index contributed by atoms with van der Waals surface area (Å²) in [6.07, 6.45) is 2.05. The number of aryl methyl sites for hydroxylation is 2. The third-order valence-electron chi connectivity index (χ3n) is 2.18. The first kappa shape index (κ1) is 11.4. The summed E-state index contributed by atoms with van der Waals surface area (Å²) in [5.74, 6) is 1.75. The molecule has 0 amide bonds. The zero-order valence-corrected chi connectivity index (χ0v) is 9.60. The highest BCUT2D eigenvalue weighted by molar-refractivity contribution is 6.17. The molecule has 0 spiro atoms. The van der Waals surface area contributed by atoms with Crippen LogP contribution in [0.25, 0.3) is 0 Å². The molecule has 0 aromatic heterocycles. The summed E-state index contributed by atoms with van der Waals surface area (Å²) in [6.45, 7) is 4.91. The van der Waals surface area contributed by atoms with Crippen molar-refractivity contribution in [1.29, 1.82) is 0 Å². The number of benzene rings is 1. The second kappa shape index (κ2) is 5.92. The lowest BCUT2D eigenvalue weighted by Crippen LogP contribution is -2.00. The topological polar surface area (TPSA) is 9.23 Å². The highest BCUT2D eigenvalue weighted by Crippen LogP contribution is 2.22. The molecule has 2 heteroatoms. The molecule has 1 nitrogen and oxygen atoms in total. The Hall–Kier alpha value is -0.690. The van der Waals surface area contributed by atoms with Crippen molar-refractivity contribution in [1.82, 2.24) is 0 Å². The fraction of sp³-hybridized carbons (Fsp3) is 0.500. The lowest BCUT2D eigenvalue weighted by molar-refractivity contribution is 0.305. The van der Waals surface area contributed by atoms with E-state index in [1.807, 2.05) is 0 Å². The van der Waals surface area contributed by atoms with Crippen LogP contribution in [0.4, 0.5) is 0 Å². The van der Waals surface area contributed by atoms with Gasteiger partial charge in [-0.25, -0.2) is 0 Å². The Bertz CT molecular complexity index is 263. The van der Waals surface area contributed by atoms with Crippen LogP contribution in [0.5, 0.6) is 5.75 Å². The predicted molar refractivity (Wildman–Crippen MR) is 61.4 cm³/mol. The van der Waals surface area contributed by atoms with Crippen LogP contribution in [0.2, 0.25) is 0 Å². The summed E-state index contributed by atoms with van der Waals surface area (Å²) in [7, 11) is 0. The van der Waals surface area contributed by atoms with Crippen LogP contribution in [-0.4, -0.2) is 12.5 Å². The van der Waals surface area contributed by atoms with E-state index in [1.54, 1.807) is 0 Å². The number of unbranched alkanes of at least 4 members (excludes halogenated alkanes) is 1. The van der Waals surface area contributed by atoms with E-state index >= 15 is 0 Å². The molecule has 1 aromatic carbocycles. The summed E-state index contributed by atoms with van der Waals surface area (Å²) in [6, 6.07) is 6.20. The van der Waals surface area contributed by atoms with E-state index in [9.17, 15) is 0 Å². The molecule has 0 atom stereocenters. The standard InChI is InChI=1S/C12H17ClO/c1-10-6-5-7-11(2)12(10)14-9-4-3-8-13/h5-7H,3-4,8-9H2,1-2H3. The molecule has 0 aliphatic carbocycles. The Morgan fingerprint density at radius 3 is 2.36 bits per heavy atom. The van der Waals surface area contributed by atoms with Crippen LogP contribution in [0.1, 0.15) is 24.0 Å². The molecule has 0 aliphatic rings. The SMILES string of the molecule is Cc1cccc(C)c1OCCCCCl. The van der Waals surface area contributed by atoms with Crippen molar-refractivity contribution in [3.8, 4) is 5.75 Å². The highest BCUT2D eigenvalue weighted by Gasteiger charge is 2.01. The largest absolute Gasteiger partial charge is 0.493 e. The fourth-order valence-electron chi connectivity index (χ4n) is 1.40. The van der Waals surface area contributed by atoms with Gasteiger partial charge >= 0.3 is 0 Å². The molecule has 0 bridgehead atoms. The van der Waals surface area contributed by atoms with E-state index in [0.717, 1.165) is 31.1 Å². The van der Waals surface area contributed by atoms with Gasteiger partial charge in [-0.2, -0.15) is 0 Å². The Labute approximate surface area is 91.0 Å². The molecular formula is C12H17ClO. The van der Waals surface area contributed by atoms with Crippen molar-refractivity contribution in [3.63, 3.8) is 0 Å². The molecule has 0 saturated heterocycles. The van der Waals surface area contributed by atoms with Crippen LogP contribution >= 0.6 is 11.6 Å². The second-order valence-electron chi connectivity index (χ2n) is 3.47. The van der Waals surface area contributed by atoms with Gasteiger partial charge in [0.1, 0.15) is 5.75 Å². The van der Waals surface area contributed by atoms with Crippen LogP contribution in [-0.2, 0) is 0 Å². The summed E-state index contributed by atoms with van der Waals surface area (Å²) in [5.41, 5.74) is 2.41. The molecule has 0 radical (unpaired) electrons. The average Bonchev–Trinajstić information content (AvgIpc) is 2.16. The molecule has 0 N–H and O–H groups in total. The number of halogens is 1. The third kappa shape index (κ3) is 3.22. The van der Waals surface area contributed by atoms with Crippen molar-refractivity contribution < 1.29 is 4.74 Å². The van der Waals surface area contributed by atoms with Crippen LogP contribution in [0.15, 0.2) is 18.2 Å². The molecule has 1 rings (SSSR count). The van der Waals surface area contributed by atoms with E-state index in [4.69, 9.17) is 16.3 Å². The van der Waals surface area contributed by atoms with Crippen molar-refractivity contribution >= 4 is 11.6 Å². The Balaban J connectivity index is 2.49. The van der Waals surface area contributed by atoms with Crippen molar-refractivity contribution in [2.24, 2.45) is 0 Å².